The van der Waals surface area contributed by atoms with E-state index in [1.165, 1.54) is 23.9 Å². The number of hydrogen-bond acceptors (Lipinski definition) is 6. The highest BCUT2D eigenvalue weighted by Crippen LogP contribution is 2.27. The summed E-state index contributed by atoms with van der Waals surface area (Å²) in [6, 6.07) is 6.29. The molecule has 0 aliphatic rings. The van der Waals surface area contributed by atoms with Gasteiger partial charge < -0.3 is 4.74 Å². The molecule has 0 amide bonds. The predicted octanol–water partition coefficient (Wildman–Crippen LogP) is 3.37. The lowest BCUT2D eigenvalue weighted by Crippen LogP contribution is -2.12. The van der Waals surface area contributed by atoms with Gasteiger partial charge in [0.1, 0.15) is 8.95 Å². The summed E-state index contributed by atoms with van der Waals surface area (Å²) in [5.74, 6) is 0.915. The second-order valence-electron chi connectivity index (χ2n) is 3.93. The normalized spacial score (nSPS) is 10.5. The molecule has 0 radical (unpaired) electrons. The Balaban J connectivity index is 1.86. The minimum atomic E-state index is -0.436. The van der Waals surface area contributed by atoms with Gasteiger partial charge in [0.25, 0.3) is 11.2 Å². The van der Waals surface area contributed by atoms with Crippen LogP contribution in [0.2, 0.25) is 0 Å². The van der Waals surface area contributed by atoms with Crippen LogP contribution < -0.4 is 10.3 Å². The van der Waals surface area contributed by atoms with Gasteiger partial charge in [0.15, 0.2) is 0 Å². The second kappa shape index (κ2) is 7.75. The molecule has 0 aliphatic heterocycles. The van der Waals surface area contributed by atoms with Crippen LogP contribution in [0, 0.1) is 10.1 Å². The number of aromatic amines is 1. The van der Waals surface area contributed by atoms with Gasteiger partial charge in [0.2, 0.25) is 5.88 Å². The van der Waals surface area contributed by atoms with Gasteiger partial charge in [-0.3, -0.25) is 14.9 Å². The quantitative estimate of drug-likeness (QED) is 0.313. The van der Waals surface area contributed by atoms with Gasteiger partial charge in [-0.1, -0.05) is 0 Å². The summed E-state index contributed by atoms with van der Waals surface area (Å²) >= 11 is 7.85. The maximum atomic E-state index is 11.3. The Morgan fingerprint density at radius 2 is 1.95 bits per heavy atom. The minimum absolute atomic E-state index is 0.0619. The van der Waals surface area contributed by atoms with E-state index >= 15 is 0 Å². The Morgan fingerprint density at radius 3 is 2.59 bits per heavy atom. The second-order valence-corrected chi connectivity index (χ2v) is 6.69. The van der Waals surface area contributed by atoms with Crippen molar-refractivity contribution < 1.29 is 9.66 Å². The Morgan fingerprint density at radius 1 is 1.27 bits per heavy atom. The molecule has 1 heterocycles. The zero-order valence-electron chi connectivity index (χ0n) is 10.9. The van der Waals surface area contributed by atoms with E-state index in [0.717, 1.165) is 4.90 Å². The summed E-state index contributed by atoms with van der Waals surface area (Å²) in [5, 5.41) is 16.7. The van der Waals surface area contributed by atoms with E-state index in [0.29, 0.717) is 21.3 Å². The highest BCUT2D eigenvalue weighted by molar-refractivity contribution is 9.13. The Hall–Kier alpha value is -1.39. The number of nitro groups is 1. The number of hydrogen-bond donors (Lipinski definition) is 1. The largest absolute Gasteiger partial charge is 0.475 e. The summed E-state index contributed by atoms with van der Waals surface area (Å²) in [6.45, 7) is 0.367. The van der Waals surface area contributed by atoms with Crippen LogP contribution in [-0.2, 0) is 0 Å². The smallest absolute Gasteiger partial charge is 0.279 e. The van der Waals surface area contributed by atoms with E-state index in [4.69, 9.17) is 4.74 Å². The summed E-state index contributed by atoms with van der Waals surface area (Å²) in [5.41, 5.74) is -0.286. The molecule has 7 nitrogen and oxygen atoms in total. The number of benzene rings is 1. The van der Waals surface area contributed by atoms with Crippen LogP contribution in [0.25, 0.3) is 0 Å². The molecule has 2 rings (SSSR count). The van der Waals surface area contributed by atoms with Crippen LogP contribution in [0.5, 0.6) is 5.88 Å². The van der Waals surface area contributed by atoms with Crippen molar-refractivity contribution in [3.05, 3.63) is 53.7 Å². The lowest BCUT2D eigenvalue weighted by atomic mass is 10.3. The van der Waals surface area contributed by atoms with Crippen molar-refractivity contribution in [2.75, 3.05) is 12.4 Å². The van der Waals surface area contributed by atoms with E-state index in [-0.39, 0.29) is 17.1 Å². The third-order valence-electron chi connectivity index (χ3n) is 2.48. The number of aromatic nitrogens is 2. The van der Waals surface area contributed by atoms with Crippen LogP contribution in [0.1, 0.15) is 0 Å². The molecular weight excluding hydrogens is 442 g/mol. The van der Waals surface area contributed by atoms with E-state index in [1.807, 2.05) is 0 Å². The number of nitrogens with zero attached hydrogens (tertiary/aromatic N) is 2. The van der Waals surface area contributed by atoms with E-state index in [2.05, 4.69) is 42.1 Å². The maximum absolute atomic E-state index is 11.3. The number of non-ortho nitro benzene ring substituents is 1. The molecule has 10 heteroatoms. The number of ether oxygens (including phenoxy) is 1. The number of thioether (sulfide) groups is 1. The van der Waals surface area contributed by atoms with Gasteiger partial charge in [-0.15, -0.1) is 16.9 Å². The van der Waals surface area contributed by atoms with Crippen molar-refractivity contribution in [3.63, 3.8) is 0 Å². The Bertz CT molecular complexity index is 736. The number of rotatable bonds is 6. The molecule has 22 heavy (non-hydrogen) atoms. The molecule has 0 unspecified atom stereocenters. The molecule has 0 fully saturated rings. The Kier molecular flexibility index (Phi) is 5.98. The lowest BCUT2D eigenvalue weighted by Gasteiger charge is -2.07. The van der Waals surface area contributed by atoms with Gasteiger partial charge in [-0.05, 0) is 44.0 Å². The third kappa shape index (κ3) is 4.31. The molecule has 0 bridgehead atoms. The van der Waals surface area contributed by atoms with Crippen molar-refractivity contribution in [2.45, 2.75) is 4.90 Å². The maximum Gasteiger partial charge on any atom is 0.279 e. The van der Waals surface area contributed by atoms with Crippen LogP contribution in [0.3, 0.4) is 0 Å². The molecule has 1 N–H and O–H groups in total. The third-order valence-corrected chi connectivity index (χ3v) is 5.48. The molecule has 0 spiro atoms. The molecule has 116 valence electrons. The van der Waals surface area contributed by atoms with E-state index < -0.39 is 4.92 Å². The van der Waals surface area contributed by atoms with Crippen molar-refractivity contribution in [1.29, 1.82) is 0 Å². The average molecular weight is 451 g/mol. The van der Waals surface area contributed by atoms with Crippen molar-refractivity contribution >= 4 is 49.3 Å². The average Bonchev–Trinajstić information content (AvgIpc) is 2.51. The van der Waals surface area contributed by atoms with Gasteiger partial charge >= 0.3 is 0 Å². The summed E-state index contributed by atoms with van der Waals surface area (Å²) in [7, 11) is 0. The highest BCUT2D eigenvalue weighted by atomic mass is 79.9. The number of halogens is 2. The molecule has 2 aromatic rings. The van der Waals surface area contributed by atoms with Gasteiger partial charge in [-0.25, -0.2) is 5.10 Å². The molecular formula is C12H9Br2N3O4S. The SMILES string of the molecule is O=c1[nH]nc(OCCSc2ccc([N+](=O)[O-])cc2)c(Br)c1Br. The predicted molar refractivity (Wildman–Crippen MR) is 89.6 cm³/mol. The molecule has 1 aromatic carbocycles. The highest BCUT2D eigenvalue weighted by Gasteiger charge is 2.10. The molecule has 0 atom stereocenters. The summed E-state index contributed by atoms with van der Waals surface area (Å²) < 4.78 is 6.24. The van der Waals surface area contributed by atoms with E-state index in [9.17, 15) is 14.9 Å². The standard InChI is InChI=1S/C12H9Br2N3O4S/c13-9-10(14)12(16-15-11(9)18)21-5-6-22-8-3-1-7(2-4-8)17(19)20/h1-4H,5-6H2,(H,15,18). The van der Waals surface area contributed by atoms with Crippen molar-refractivity contribution in [1.82, 2.24) is 10.2 Å². The lowest BCUT2D eigenvalue weighted by molar-refractivity contribution is -0.384. The van der Waals surface area contributed by atoms with E-state index in [1.54, 1.807) is 12.1 Å². The van der Waals surface area contributed by atoms with Crippen LogP contribution in [0.4, 0.5) is 5.69 Å². The molecule has 0 saturated carbocycles. The first-order valence-corrected chi connectivity index (χ1v) is 8.50. The van der Waals surface area contributed by atoms with Crippen LogP contribution in [-0.4, -0.2) is 27.5 Å². The first kappa shape index (κ1) is 17.0. The topological polar surface area (TPSA) is 98.1 Å². The fourth-order valence-electron chi connectivity index (χ4n) is 1.45. The summed E-state index contributed by atoms with van der Waals surface area (Å²) in [6.07, 6.45) is 0. The number of nitrogens with one attached hydrogen (secondary N) is 1. The zero-order valence-corrected chi connectivity index (χ0v) is 14.9. The molecule has 1 aromatic heterocycles. The zero-order chi connectivity index (χ0) is 16.1. The van der Waals surface area contributed by atoms with Gasteiger partial charge in [0.05, 0.1) is 11.5 Å². The van der Waals surface area contributed by atoms with Crippen LogP contribution in [0.15, 0.2) is 42.9 Å². The molecule has 0 aliphatic carbocycles. The first-order valence-electron chi connectivity index (χ1n) is 5.93. The number of H-pyrrole nitrogens is 1. The van der Waals surface area contributed by atoms with Gasteiger partial charge in [-0.2, -0.15) is 0 Å². The Labute approximate surface area is 145 Å². The molecule has 0 saturated heterocycles. The number of nitro benzene ring substituents is 1. The minimum Gasteiger partial charge on any atom is -0.475 e. The monoisotopic (exact) mass is 449 g/mol. The van der Waals surface area contributed by atoms with Crippen LogP contribution >= 0.6 is 43.6 Å². The van der Waals surface area contributed by atoms with Crippen molar-refractivity contribution in [3.8, 4) is 5.88 Å². The summed E-state index contributed by atoms with van der Waals surface area (Å²) in [4.78, 5) is 22.3. The fraction of sp³-hybridized carbons (Fsp3) is 0.167. The van der Waals surface area contributed by atoms with Crippen molar-refractivity contribution in [2.24, 2.45) is 0 Å². The van der Waals surface area contributed by atoms with Gasteiger partial charge in [0, 0.05) is 22.8 Å². The first-order chi connectivity index (χ1) is 10.5. The fourth-order valence-corrected chi connectivity index (χ4v) is 2.82.